The molecule has 1 aliphatic heterocycles. The molecular weight excluding hydrogens is 312 g/mol. The Bertz CT molecular complexity index is 715. The molecule has 0 saturated carbocycles. The molecular formula is C21H26N2O2. The molecule has 25 heavy (non-hydrogen) atoms. The number of phenols is 1. The summed E-state index contributed by atoms with van der Waals surface area (Å²) in [5, 5.41) is 12.4. The second-order valence-electron chi connectivity index (χ2n) is 6.92. The topological polar surface area (TPSA) is 52.6 Å². The summed E-state index contributed by atoms with van der Waals surface area (Å²) in [4.78, 5) is 14.7. The third-order valence-electron chi connectivity index (χ3n) is 4.91. The quantitative estimate of drug-likeness (QED) is 0.849. The van der Waals surface area contributed by atoms with E-state index in [1.165, 1.54) is 12.0 Å². The SMILES string of the molecule is Cc1cc(O)ccc1C(=O)NCCC1CCN(Cc2ccccc2)C1. The van der Waals surface area contributed by atoms with E-state index >= 15 is 0 Å². The molecule has 0 bridgehead atoms. The minimum absolute atomic E-state index is 0.0587. The minimum Gasteiger partial charge on any atom is -0.508 e. The van der Waals surface area contributed by atoms with E-state index in [1.807, 2.05) is 6.92 Å². The van der Waals surface area contributed by atoms with Crippen molar-refractivity contribution in [2.24, 2.45) is 5.92 Å². The lowest BCUT2D eigenvalue weighted by molar-refractivity contribution is 0.0951. The number of nitrogens with one attached hydrogen (secondary N) is 1. The summed E-state index contributed by atoms with van der Waals surface area (Å²) < 4.78 is 0. The van der Waals surface area contributed by atoms with Gasteiger partial charge in [-0.1, -0.05) is 30.3 Å². The Labute approximate surface area is 149 Å². The third-order valence-corrected chi connectivity index (χ3v) is 4.91. The zero-order valence-corrected chi connectivity index (χ0v) is 14.7. The Balaban J connectivity index is 1.41. The van der Waals surface area contributed by atoms with Gasteiger partial charge in [0.1, 0.15) is 5.75 Å². The van der Waals surface area contributed by atoms with Crippen LogP contribution in [0.5, 0.6) is 5.75 Å². The van der Waals surface area contributed by atoms with Crippen LogP contribution >= 0.6 is 0 Å². The number of benzene rings is 2. The van der Waals surface area contributed by atoms with Crippen LogP contribution in [0.15, 0.2) is 48.5 Å². The second kappa shape index (κ2) is 8.17. The number of phenolic OH excluding ortho intramolecular Hbond substituents is 1. The van der Waals surface area contributed by atoms with Gasteiger partial charge in [0.15, 0.2) is 0 Å². The van der Waals surface area contributed by atoms with Crippen LogP contribution < -0.4 is 5.32 Å². The van der Waals surface area contributed by atoms with Crippen LogP contribution in [0, 0.1) is 12.8 Å². The molecule has 0 radical (unpaired) electrons. The molecule has 132 valence electrons. The average Bonchev–Trinajstić information content (AvgIpc) is 3.03. The predicted octanol–water partition coefficient (Wildman–Crippen LogP) is 3.34. The first-order valence-corrected chi connectivity index (χ1v) is 8.96. The highest BCUT2D eigenvalue weighted by molar-refractivity contribution is 5.95. The zero-order valence-electron chi connectivity index (χ0n) is 14.7. The van der Waals surface area contributed by atoms with Gasteiger partial charge in [-0.3, -0.25) is 9.69 Å². The Morgan fingerprint density at radius 3 is 2.80 bits per heavy atom. The molecule has 1 amide bonds. The van der Waals surface area contributed by atoms with Crippen LogP contribution in [0.25, 0.3) is 0 Å². The molecule has 1 atom stereocenters. The van der Waals surface area contributed by atoms with Gasteiger partial charge in [-0.05, 0) is 61.6 Å². The standard InChI is InChI=1S/C21H26N2O2/c1-16-13-19(24)7-8-20(16)21(25)22-11-9-18-10-12-23(15-18)14-17-5-3-2-4-6-17/h2-8,13,18,24H,9-12,14-15H2,1H3,(H,22,25). The number of amides is 1. The average molecular weight is 338 g/mol. The van der Waals surface area contributed by atoms with Crippen molar-refractivity contribution in [3.05, 3.63) is 65.2 Å². The molecule has 4 nitrogen and oxygen atoms in total. The number of nitrogens with zero attached hydrogens (tertiary/aromatic N) is 1. The van der Waals surface area contributed by atoms with Crippen LogP contribution in [0.3, 0.4) is 0 Å². The molecule has 2 N–H and O–H groups in total. The lowest BCUT2D eigenvalue weighted by atomic mass is 10.0. The van der Waals surface area contributed by atoms with Gasteiger partial charge in [0.2, 0.25) is 0 Å². The van der Waals surface area contributed by atoms with Crippen LogP contribution in [0.1, 0.15) is 34.3 Å². The molecule has 0 spiro atoms. The Morgan fingerprint density at radius 2 is 2.04 bits per heavy atom. The van der Waals surface area contributed by atoms with E-state index in [1.54, 1.807) is 18.2 Å². The number of hydrogen-bond acceptors (Lipinski definition) is 3. The van der Waals surface area contributed by atoms with Crippen LogP contribution in [-0.2, 0) is 6.54 Å². The number of carbonyl (C=O) groups is 1. The van der Waals surface area contributed by atoms with Crippen LogP contribution in [0.4, 0.5) is 0 Å². The van der Waals surface area contributed by atoms with Crippen molar-refractivity contribution in [3.8, 4) is 5.75 Å². The molecule has 2 aromatic rings. The van der Waals surface area contributed by atoms with E-state index in [2.05, 4.69) is 40.5 Å². The zero-order chi connectivity index (χ0) is 17.6. The van der Waals surface area contributed by atoms with E-state index in [9.17, 15) is 9.90 Å². The van der Waals surface area contributed by atoms with E-state index in [0.29, 0.717) is 18.0 Å². The molecule has 2 aromatic carbocycles. The maximum Gasteiger partial charge on any atom is 0.251 e. The molecule has 3 rings (SSSR count). The molecule has 1 aliphatic rings. The lowest BCUT2D eigenvalue weighted by Gasteiger charge is -2.16. The van der Waals surface area contributed by atoms with Crippen LogP contribution in [0.2, 0.25) is 0 Å². The first kappa shape index (κ1) is 17.5. The highest BCUT2D eigenvalue weighted by Gasteiger charge is 2.22. The van der Waals surface area contributed by atoms with Gasteiger partial charge in [-0.2, -0.15) is 0 Å². The van der Waals surface area contributed by atoms with Crippen LogP contribution in [-0.4, -0.2) is 35.5 Å². The number of carbonyl (C=O) groups excluding carboxylic acids is 1. The number of aromatic hydroxyl groups is 1. The van der Waals surface area contributed by atoms with E-state index in [0.717, 1.165) is 31.6 Å². The summed E-state index contributed by atoms with van der Waals surface area (Å²) in [5.41, 5.74) is 2.79. The van der Waals surface area contributed by atoms with Gasteiger partial charge in [-0.25, -0.2) is 0 Å². The number of rotatable bonds is 6. The van der Waals surface area contributed by atoms with Crippen molar-refractivity contribution in [1.82, 2.24) is 10.2 Å². The predicted molar refractivity (Wildman–Crippen MR) is 99.6 cm³/mol. The largest absolute Gasteiger partial charge is 0.508 e. The van der Waals surface area contributed by atoms with Crippen molar-refractivity contribution in [2.75, 3.05) is 19.6 Å². The summed E-state index contributed by atoms with van der Waals surface area (Å²) in [5.74, 6) is 0.778. The summed E-state index contributed by atoms with van der Waals surface area (Å²) >= 11 is 0. The molecule has 0 aromatic heterocycles. The molecule has 0 aliphatic carbocycles. The summed E-state index contributed by atoms with van der Waals surface area (Å²) in [7, 11) is 0. The van der Waals surface area contributed by atoms with E-state index < -0.39 is 0 Å². The fourth-order valence-corrected chi connectivity index (χ4v) is 3.52. The van der Waals surface area contributed by atoms with Crippen molar-refractivity contribution in [3.63, 3.8) is 0 Å². The summed E-state index contributed by atoms with van der Waals surface area (Å²) in [6.07, 6.45) is 2.20. The second-order valence-corrected chi connectivity index (χ2v) is 6.92. The first-order valence-electron chi connectivity index (χ1n) is 8.96. The maximum atomic E-state index is 12.3. The number of hydrogen-bond donors (Lipinski definition) is 2. The minimum atomic E-state index is -0.0587. The van der Waals surface area contributed by atoms with Gasteiger partial charge in [0.05, 0.1) is 0 Å². The highest BCUT2D eigenvalue weighted by Crippen LogP contribution is 2.21. The normalized spacial score (nSPS) is 17.6. The van der Waals surface area contributed by atoms with Gasteiger partial charge < -0.3 is 10.4 Å². The maximum absolute atomic E-state index is 12.3. The molecule has 1 unspecified atom stereocenters. The number of aryl methyl sites for hydroxylation is 1. The summed E-state index contributed by atoms with van der Waals surface area (Å²) in [6.45, 7) is 5.78. The van der Waals surface area contributed by atoms with Crippen molar-refractivity contribution in [1.29, 1.82) is 0 Å². The Hall–Kier alpha value is -2.33. The molecule has 4 heteroatoms. The number of likely N-dealkylation sites (tertiary alicyclic amines) is 1. The van der Waals surface area contributed by atoms with E-state index in [-0.39, 0.29) is 11.7 Å². The smallest absolute Gasteiger partial charge is 0.251 e. The van der Waals surface area contributed by atoms with Gasteiger partial charge >= 0.3 is 0 Å². The Morgan fingerprint density at radius 1 is 1.24 bits per heavy atom. The van der Waals surface area contributed by atoms with Crippen molar-refractivity contribution < 1.29 is 9.90 Å². The van der Waals surface area contributed by atoms with Crippen molar-refractivity contribution >= 4 is 5.91 Å². The van der Waals surface area contributed by atoms with E-state index in [4.69, 9.17) is 0 Å². The first-order chi connectivity index (χ1) is 12.1. The third kappa shape index (κ3) is 4.83. The monoisotopic (exact) mass is 338 g/mol. The highest BCUT2D eigenvalue weighted by atomic mass is 16.3. The lowest BCUT2D eigenvalue weighted by Crippen LogP contribution is -2.27. The molecule has 1 fully saturated rings. The fraction of sp³-hybridized carbons (Fsp3) is 0.381. The fourth-order valence-electron chi connectivity index (χ4n) is 3.52. The van der Waals surface area contributed by atoms with Crippen molar-refractivity contribution in [2.45, 2.75) is 26.3 Å². The molecule has 1 saturated heterocycles. The summed E-state index contributed by atoms with van der Waals surface area (Å²) in [6, 6.07) is 15.4. The van der Waals surface area contributed by atoms with Gasteiger partial charge in [0.25, 0.3) is 5.91 Å². The Kier molecular flexibility index (Phi) is 5.71. The van der Waals surface area contributed by atoms with Gasteiger partial charge in [-0.15, -0.1) is 0 Å². The van der Waals surface area contributed by atoms with Gasteiger partial charge in [0, 0.05) is 25.2 Å². The molecule has 1 heterocycles.